The van der Waals surface area contributed by atoms with Crippen LogP contribution in [-0.2, 0) is 0 Å². The van der Waals surface area contributed by atoms with Gasteiger partial charge in [0.05, 0.1) is 0 Å². The van der Waals surface area contributed by atoms with Crippen LogP contribution in [0, 0.1) is 19.0 Å². The highest BCUT2D eigenvalue weighted by molar-refractivity contribution is 4.97. The van der Waals surface area contributed by atoms with Gasteiger partial charge in [-0.05, 0) is 6.42 Å². The lowest BCUT2D eigenvalue weighted by Crippen LogP contribution is -1.15. The van der Waals surface area contributed by atoms with Gasteiger partial charge in [-0.2, -0.15) is 0 Å². The van der Waals surface area contributed by atoms with E-state index >= 15 is 0 Å². The van der Waals surface area contributed by atoms with Gasteiger partial charge in [0.15, 0.2) is 0 Å². The average Bonchev–Trinajstić information content (AvgIpc) is 1.37. The van der Waals surface area contributed by atoms with Crippen molar-refractivity contribution in [2.24, 2.45) is 0 Å². The largest absolute Gasteiger partial charge is 0.370 e. The molecule has 0 saturated heterocycles. The van der Waals surface area contributed by atoms with E-state index in [0.717, 1.165) is 0 Å². The van der Waals surface area contributed by atoms with E-state index in [9.17, 15) is 0 Å². The molecule has 0 atom stereocenters. The molecule has 0 N–H and O–H groups in total. The SMILES string of the molecule is C#C[N+]#C. The predicted octanol–water partition coefficient (Wildman–Crippen LogP) is 0.540. The van der Waals surface area contributed by atoms with Gasteiger partial charge in [-0.1, -0.05) is 0 Å². The molecule has 0 aromatic heterocycles. The van der Waals surface area contributed by atoms with E-state index in [4.69, 9.17) is 0 Å². The van der Waals surface area contributed by atoms with E-state index in [2.05, 4.69) is 17.8 Å². The second-order valence-electron chi connectivity index (χ2n) is 0.258. The summed E-state index contributed by atoms with van der Waals surface area (Å²) < 4.78 is 0. The molecule has 0 aliphatic heterocycles. The van der Waals surface area contributed by atoms with Gasteiger partial charge in [-0.15, -0.1) is 0 Å². The number of hydrogen-bond donors (Lipinski definition) is 0. The Bertz CT molecular complexity index is 58.3. The van der Waals surface area contributed by atoms with E-state index in [-0.39, 0.29) is 0 Å². The number of hydrogen-bond acceptors (Lipinski definition) is 0. The molecule has 18 valence electrons. The first-order chi connectivity index (χ1) is 1.91. The molecule has 0 unspecified atom stereocenters. The minimum Gasteiger partial charge on any atom is -0.0244 e. The summed E-state index contributed by atoms with van der Waals surface area (Å²) in [5.41, 5.74) is 0. The van der Waals surface area contributed by atoms with E-state index in [1.54, 1.807) is 0 Å². The summed E-state index contributed by atoms with van der Waals surface area (Å²) in [6.45, 7) is 4.42. The Hall–Kier alpha value is -0.950. The van der Waals surface area contributed by atoms with Crippen molar-refractivity contribution in [1.82, 2.24) is 0 Å². The first-order valence-corrected chi connectivity index (χ1v) is 0.770. The van der Waals surface area contributed by atoms with Crippen LogP contribution >= 0.6 is 0 Å². The van der Waals surface area contributed by atoms with Crippen molar-refractivity contribution in [3.8, 4) is 19.0 Å². The van der Waals surface area contributed by atoms with Crippen LogP contribution in [0.2, 0.25) is 0 Å². The van der Waals surface area contributed by atoms with E-state index in [1.807, 2.05) is 6.04 Å². The molecule has 0 aliphatic rings. The second-order valence-corrected chi connectivity index (χ2v) is 0.258. The quantitative estimate of drug-likeness (QED) is 0.354. The van der Waals surface area contributed by atoms with Gasteiger partial charge >= 0.3 is 6.04 Å². The zero-order valence-electron chi connectivity index (χ0n) is 2.10. The third kappa shape index (κ3) is 1.05. The van der Waals surface area contributed by atoms with Crippen LogP contribution < -0.4 is 0 Å². The highest BCUT2D eigenvalue weighted by atomic mass is 14.6. The highest BCUT2D eigenvalue weighted by Crippen LogP contribution is 1.40. The lowest BCUT2D eigenvalue weighted by molar-refractivity contribution is 2.37. The van der Waals surface area contributed by atoms with E-state index < -0.39 is 0 Å². The summed E-state index contributed by atoms with van der Waals surface area (Å²) in [7, 11) is 0. The van der Waals surface area contributed by atoms with Crippen molar-refractivity contribution in [1.29, 1.82) is 0 Å². The van der Waals surface area contributed by atoms with Gasteiger partial charge < -0.3 is 0 Å². The molecule has 0 aliphatic carbocycles. The molecule has 4 heavy (non-hydrogen) atoms. The van der Waals surface area contributed by atoms with E-state index in [0.29, 0.717) is 0 Å². The van der Waals surface area contributed by atoms with Gasteiger partial charge in [0.2, 0.25) is 0 Å². The molecule has 0 rings (SSSR count). The highest BCUT2D eigenvalue weighted by Gasteiger charge is 1.46. The van der Waals surface area contributed by atoms with E-state index in [1.165, 1.54) is 0 Å². The molecule has 0 aromatic carbocycles. The molecule has 0 aromatic rings. The summed E-state index contributed by atoms with van der Waals surface area (Å²) in [6, 6.07) is 1.83. The van der Waals surface area contributed by atoms with Crippen LogP contribution in [0.15, 0.2) is 0 Å². The lowest BCUT2D eigenvalue weighted by atomic mass is 11.2. The topological polar surface area (TPSA) is 4.36 Å². The summed E-state index contributed by atoms with van der Waals surface area (Å²) >= 11 is 0. The molecular weight excluding hydrogens is 50.0 g/mol. The first-order valence-electron chi connectivity index (χ1n) is 0.770. The average molecular weight is 52.1 g/mol. The number of nitrogens with zero attached hydrogens (tertiary/aromatic N) is 1. The molecule has 0 saturated carbocycles. The Kier molecular flexibility index (Phi) is 1.56. The monoisotopic (exact) mass is 52.0 g/mol. The van der Waals surface area contributed by atoms with Crippen LogP contribution in [0.1, 0.15) is 0 Å². The summed E-state index contributed by atoms with van der Waals surface area (Å²) in [5.74, 6) is 0. The smallest absolute Gasteiger partial charge is 0.0244 e. The number of terminal acetylenes is 1. The first kappa shape index (κ1) is 3.05. The van der Waals surface area contributed by atoms with Crippen molar-refractivity contribution in [2.45, 2.75) is 0 Å². The fraction of sp³-hybridized carbons (Fsp3) is 0. The van der Waals surface area contributed by atoms with Gasteiger partial charge in [-0.3, -0.25) is 0 Å². The minimum absolute atomic E-state index is 1.83. The summed E-state index contributed by atoms with van der Waals surface area (Å²) in [5, 5.41) is 0. The van der Waals surface area contributed by atoms with Crippen molar-refractivity contribution >= 4 is 0 Å². The fourth-order valence-electron chi connectivity index (χ4n) is 0. The molecular formula is C3H2N+. The Balaban J connectivity index is 3.14. The normalized spacial score (nSPS) is 2.50. The molecule has 1 heteroatoms. The van der Waals surface area contributed by atoms with Crippen molar-refractivity contribution < 1.29 is 0 Å². The zero-order chi connectivity index (χ0) is 3.41. The fourth-order valence-corrected chi connectivity index (χ4v) is 0. The third-order valence-electron chi connectivity index (χ3n) is 0.0745. The van der Waals surface area contributed by atoms with Crippen LogP contribution in [0.4, 0.5) is 0 Å². The maximum absolute atomic E-state index is 4.49. The predicted molar refractivity (Wildman–Crippen MR) is 17.1 cm³/mol. The molecule has 1 nitrogen and oxygen atoms in total. The maximum atomic E-state index is 4.49. The Morgan fingerprint density at radius 2 is 2.00 bits per heavy atom. The van der Waals surface area contributed by atoms with Gasteiger partial charge in [-0.25, -0.2) is 0 Å². The molecule has 0 fully saturated rings. The Labute approximate surface area is 25.1 Å². The van der Waals surface area contributed by atoms with Crippen LogP contribution in [-0.4, -0.2) is 0 Å². The summed E-state index contributed by atoms with van der Waals surface area (Å²) in [4.78, 5) is 2.76. The third-order valence-corrected chi connectivity index (χ3v) is 0.0745. The van der Waals surface area contributed by atoms with Crippen LogP contribution in [0.25, 0.3) is 4.85 Å². The van der Waals surface area contributed by atoms with Crippen LogP contribution in [0.3, 0.4) is 0 Å². The summed E-state index contributed by atoms with van der Waals surface area (Å²) in [6.07, 6.45) is 4.49. The Morgan fingerprint density at radius 1 is 1.75 bits per heavy atom. The van der Waals surface area contributed by atoms with Crippen molar-refractivity contribution in [3.05, 3.63) is 4.85 Å². The zero-order valence-corrected chi connectivity index (χ0v) is 2.10. The van der Waals surface area contributed by atoms with Gasteiger partial charge in [0.25, 0.3) is 6.57 Å². The van der Waals surface area contributed by atoms with Crippen molar-refractivity contribution in [3.63, 3.8) is 0 Å². The number of rotatable bonds is 0. The standard InChI is InChI=1S/C3H2N/c1-3-4-2/h1-2H/q+1. The molecule has 0 radical (unpaired) electrons. The molecule has 0 spiro atoms. The maximum Gasteiger partial charge on any atom is 0.370 e. The van der Waals surface area contributed by atoms with Gasteiger partial charge in [0, 0.05) is 4.85 Å². The lowest BCUT2D eigenvalue weighted by Gasteiger charge is -1.09. The van der Waals surface area contributed by atoms with Crippen molar-refractivity contribution in [2.75, 3.05) is 0 Å². The second kappa shape index (κ2) is 2.05. The molecule has 0 bridgehead atoms. The minimum atomic E-state index is 1.83. The Morgan fingerprint density at radius 3 is 2.00 bits per heavy atom. The molecule has 0 heterocycles. The molecule has 0 amide bonds. The van der Waals surface area contributed by atoms with Gasteiger partial charge in [0.1, 0.15) is 0 Å². The van der Waals surface area contributed by atoms with Crippen LogP contribution in [0.5, 0.6) is 0 Å².